The molecule has 10 aliphatic rings. The first-order valence-corrected chi connectivity index (χ1v) is 41.7. The molecule has 7 atom stereocenters. The molecule has 10 rings (SSSR count). The number of ether oxygens (including phenoxy) is 6. The fraction of sp³-hybridized carbons (Fsp3) is 0.977. The Kier molecular flexibility index (Phi) is 56.8. The van der Waals surface area contributed by atoms with E-state index in [9.17, 15) is 14.7 Å². The summed E-state index contributed by atoms with van der Waals surface area (Å²) in [4.78, 5) is 21.5. The first-order chi connectivity index (χ1) is 45.8. The van der Waals surface area contributed by atoms with Crippen molar-refractivity contribution >= 4 is 11.6 Å². The van der Waals surface area contributed by atoms with E-state index in [0.717, 1.165) is 134 Å². The molecule has 0 aromatic carbocycles. The average molecular weight is 1380 g/mol. The van der Waals surface area contributed by atoms with Gasteiger partial charge in [0.25, 0.3) is 0 Å². The molecule has 10 fully saturated rings. The Morgan fingerprint density at radius 1 is 0.505 bits per heavy atom. The number of fused-ring (bicyclic) bond motifs is 1. The highest BCUT2D eigenvalue weighted by molar-refractivity contribution is 5.78. The van der Waals surface area contributed by atoms with Gasteiger partial charge in [-0.25, -0.2) is 0 Å². The second-order valence-corrected chi connectivity index (χ2v) is 36.1. The standard InChI is InChI=1S/2C10H20.C9H20O2.C9H16O.C8H16O.C8H14O.C7H12O2.C7H14O2.C7H14.C6H12O.C6H14/c2*1-10(2,3)9-7-5-4-6-8-9;1-9(2,3)8-11-7-5-4-6-10;1-8(10)7-9-5-3-2-4-6-9;1-8(2,3)7-5-4-6-9-7;1-7(9)8-5-3-2-4-6-8;1-5-4-9-6-2-3-8-7(5)6;1-2-7-6(8)4-3-5-9-7;1-7-5-3-2-4-6-7;1-2-6-4-3-5-7-6;1-4-5-6(2)3/h2*9H,4-8H2,1-3H3;10H,4-8H2,1-3H3;9H,2-7H2,1H3;7H,4-6H2,1-3H3;8H,2-6H2,1H3;5-7H,2-4H2,1H3;6-8H,2-5H2,1H3;7H,2-6H2,1H3;6H,2-5H2,1H3;6H,4-5H2,1-3H3. The third-order valence-corrected chi connectivity index (χ3v) is 21.5. The molecule has 5 aliphatic carbocycles. The summed E-state index contributed by atoms with van der Waals surface area (Å²) in [5.41, 5.74) is 1.76. The largest absolute Gasteiger partial charge is 0.396 e. The van der Waals surface area contributed by atoms with Crippen LogP contribution in [0.4, 0.5) is 0 Å². The van der Waals surface area contributed by atoms with Crippen LogP contribution in [0.3, 0.4) is 0 Å². The van der Waals surface area contributed by atoms with Gasteiger partial charge in [0, 0.05) is 57.9 Å². The normalized spacial score (nSPS) is 25.7. The van der Waals surface area contributed by atoms with Gasteiger partial charge < -0.3 is 43.4 Å². The molecule has 5 heterocycles. The molecule has 10 nitrogen and oxygen atoms in total. The zero-order valence-electron chi connectivity index (χ0n) is 68.9. The van der Waals surface area contributed by atoms with Crippen molar-refractivity contribution in [1.29, 1.82) is 0 Å². The van der Waals surface area contributed by atoms with Gasteiger partial charge in [-0.3, -0.25) is 4.79 Å². The van der Waals surface area contributed by atoms with E-state index in [4.69, 9.17) is 33.5 Å². The van der Waals surface area contributed by atoms with Crippen LogP contribution in [0.1, 0.15) is 396 Å². The summed E-state index contributed by atoms with van der Waals surface area (Å²) in [6, 6.07) is 0. The molecule has 0 aromatic rings. The summed E-state index contributed by atoms with van der Waals surface area (Å²) in [5.74, 6) is 6.47. The predicted molar refractivity (Wildman–Crippen MR) is 416 cm³/mol. The zero-order chi connectivity index (χ0) is 73.1. The van der Waals surface area contributed by atoms with Gasteiger partial charge >= 0.3 is 0 Å². The number of unbranched alkanes of at least 4 members (excludes halogenated alkanes) is 1. The third kappa shape index (κ3) is 53.5. The van der Waals surface area contributed by atoms with E-state index in [1.807, 2.05) is 6.92 Å². The second kappa shape index (κ2) is 57.4. The molecule has 0 bridgehead atoms. The summed E-state index contributed by atoms with van der Waals surface area (Å²) >= 11 is 0. The van der Waals surface area contributed by atoms with Gasteiger partial charge in [-0.1, -0.05) is 266 Å². The molecule has 5 aliphatic heterocycles. The molecule has 2 N–H and O–H groups in total. The lowest BCUT2D eigenvalue weighted by Gasteiger charge is -2.33. The van der Waals surface area contributed by atoms with E-state index in [1.165, 1.54) is 193 Å². The van der Waals surface area contributed by atoms with Gasteiger partial charge in [-0.05, 0) is 174 Å². The molecule has 5 saturated carbocycles. The predicted octanol–water partition coefficient (Wildman–Crippen LogP) is 24.3. The number of aliphatic hydroxyl groups is 2. The summed E-state index contributed by atoms with van der Waals surface area (Å²) < 4.78 is 32.4. The summed E-state index contributed by atoms with van der Waals surface area (Å²) in [7, 11) is 0. The van der Waals surface area contributed by atoms with Crippen molar-refractivity contribution in [3.05, 3.63) is 0 Å². The first-order valence-electron chi connectivity index (χ1n) is 41.7. The lowest BCUT2D eigenvalue weighted by atomic mass is 9.72. The van der Waals surface area contributed by atoms with Gasteiger partial charge in [0.15, 0.2) is 0 Å². The van der Waals surface area contributed by atoms with Crippen LogP contribution in [0.5, 0.6) is 0 Å². The highest BCUT2D eigenvalue weighted by Crippen LogP contribution is 2.39. The Balaban J connectivity index is 0.00000105. The Morgan fingerprint density at radius 2 is 0.990 bits per heavy atom. The molecule has 10 heteroatoms. The van der Waals surface area contributed by atoms with Crippen molar-refractivity contribution in [1.82, 2.24) is 0 Å². The highest BCUT2D eigenvalue weighted by Gasteiger charge is 2.39. The first kappa shape index (κ1) is 96.0. The maximum atomic E-state index is 10.8. The van der Waals surface area contributed by atoms with Gasteiger partial charge in [-0.2, -0.15) is 0 Å². The zero-order valence-corrected chi connectivity index (χ0v) is 68.9. The Labute approximate surface area is 605 Å². The van der Waals surface area contributed by atoms with Crippen molar-refractivity contribution in [2.45, 2.75) is 432 Å². The minimum absolute atomic E-state index is 0.110. The molecule has 0 amide bonds. The lowest BCUT2D eigenvalue weighted by molar-refractivity contribution is -0.121. The molecule has 580 valence electrons. The Hall–Kier alpha value is -0.980. The lowest BCUT2D eigenvalue weighted by Crippen LogP contribution is -2.33. The summed E-state index contributed by atoms with van der Waals surface area (Å²) in [6.07, 6.45) is 52.5. The monoisotopic (exact) mass is 1380 g/mol. The van der Waals surface area contributed by atoms with Crippen molar-refractivity contribution in [2.24, 2.45) is 63.1 Å². The van der Waals surface area contributed by atoms with Crippen LogP contribution in [0, 0.1) is 63.1 Å². The van der Waals surface area contributed by atoms with Gasteiger partial charge in [0.2, 0.25) is 0 Å². The van der Waals surface area contributed by atoms with Crippen molar-refractivity contribution < 1.29 is 48.2 Å². The molecule has 0 radical (unpaired) electrons. The Morgan fingerprint density at radius 3 is 1.30 bits per heavy atom. The summed E-state index contributed by atoms with van der Waals surface area (Å²) in [5, 5.41) is 17.7. The Bertz CT molecular complexity index is 1720. The summed E-state index contributed by atoms with van der Waals surface area (Å²) in [6.45, 7) is 52.8. The molecular weight excluding hydrogens is 1200 g/mol. The van der Waals surface area contributed by atoms with Crippen LogP contribution in [-0.4, -0.2) is 111 Å². The number of rotatable bonds is 12. The van der Waals surface area contributed by atoms with Crippen LogP contribution >= 0.6 is 0 Å². The fourth-order valence-corrected chi connectivity index (χ4v) is 14.9. The molecule has 0 aromatic heterocycles. The minimum Gasteiger partial charge on any atom is -0.396 e. The molecular formula is C87H172O10. The quantitative estimate of drug-likeness (QED) is 0.182. The molecule has 0 spiro atoms. The maximum absolute atomic E-state index is 10.8. The van der Waals surface area contributed by atoms with Crippen LogP contribution in [0.15, 0.2) is 0 Å². The van der Waals surface area contributed by atoms with Crippen LogP contribution in [0.25, 0.3) is 0 Å². The van der Waals surface area contributed by atoms with Gasteiger partial charge in [0.05, 0.1) is 49.8 Å². The minimum atomic E-state index is -0.205. The van der Waals surface area contributed by atoms with E-state index in [1.54, 1.807) is 13.8 Å². The third-order valence-electron chi connectivity index (χ3n) is 21.5. The van der Waals surface area contributed by atoms with Crippen molar-refractivity contribution in [3.8, 4) is 0 Å². The van der Waals surface area contributed by atoms with Crippen LogP contribution < -0.4 is 0 Å². The number of hydrogen-bond acceptors (Lipinski definition) is 10. The number of aliphatic hydroxyl groups excluding tert-OH is 2. The highest BCUT2D eigenvalue weighted by atomic mass is 16.6. The van der Waals surface area contributed by atoms with Gasteiger partial charge in [0.1, 0.15) is 11.6 Å². The number of carbonyl (C=O) groups is 2. The molecule has 97 heavy (non-hydrogen) atoms. The van der Waals surface area contributed by atoms with Crippen LogP contribution in [0.2, 0.25) is 0 Å². The van der Waals surface area contributed by atoms with Crippen molar-refractivity contribution in [3.63, 3.8) is 0 Å². The van der Waals surface area contributed by atoms with E-state index >= 15 is 0 Å². The van der Waals surface area contributed by atoms with Gasteiger partial charge in [-0.15, -0.1) is 0 Å². The maximum Gasteiger partial charge on any atom is 0.132 e. The van der Waals surface area contributed by atoms with E-state index in [0.29, 0.717) is 64.1 Å². The average Bonchev–Trinajstić information content (AvgIpc) is 1.75. The smallest absolute Gasteiger partial charge is 0.132 e. The molecule has 5 saturated heterocycles. The second-order valence-electron chi connectivity index (χ2n) is 36.1. The topological polar surface area (TPSA) is 130 Å². The van der Waals surface area contributed by atoms with E-state index in [2.05, 4.69) is 125 Å². The van der Waals surface area contributed by atoms with Crippen molar-refractivity contribution in [2.75, 3.05) is 52.9 Å². The van der Waals surface area contributed by atoms with Crippen LogP contribution in [-0.2, 0) is 38.0 Å². The number of hydrogen-bond donors (Lipinski definition) is 2. The number of ketones is 2. The number of Topliss-reactive ketones (excluding diaryl/α,β-unsaturated/α-hetero) is 2. The fourth-order valence-electron chi connectivity index (χ4n) is 14.9. The molecule has 7 unspecified atom stereocenters. The SMILES string of the molecule is CC(=O)C1CCCCC1.CC(=O)CC1CCCCC1.CC(C)(C)C1CCCCC1.CC(C)(C)C1CCCCC1.CC(C)(C)C1CCCO1.CC(C)(C)COCCCCO.CC1CCCCC1.CC1COC2CCOC12.CCC1CCCO1.CCC1OCCCC1O.CCCC(C)C. The van der Waals surface area contributed by atoms with E-state index < -0.39 is 0 Å². The van der Waals surface area contributed by atoms with E-state index in [-0.39, 0.29) is 24.2 Å². The number of carbonyl (C=O) groups excluding carboxylic acids is 2.